The summed E-state index contributed by atoms with van der Waals surface area (Å²) in [5.41, 5.74) is 3.23. The molecule has 2 aliphatic heterocycles. The third kappa shape index (κ3) is 3.25. The Labute approximate surface area is 164 Å². The predicted molar refractivity (Wildman–Crippen MR) is 107 cm³/mol. The topological polar surface area (TPSA) is 81.5 Å². The van der Waals surface area contributed by atoms with Crippen molar-refractivity contribution in [2.75, 3.05) is 16.4 Å². The second-order valence-electron chi connectivity index (χ2n) is 7.32. The molecule has 7 heteroatoms. The lowest BCUT2D eigenvalue weighted by Crippen LogP contribution is -2.37. The maximum Gasteiger partial charge on any atom is 0.325 e. The van der Waals surface area contributed by atoms with Crippen LogP contribution in [0, 0.1) is 11.3 Å². The first kappa shape index (κ1) is 18.5. The Balaban J connectivity index is 1.68. The number of sulfone groups is 1. The molecule has 0 spiro atoms. The van der Waals surface area contributed by atoms with Crippen LogP contribution in [0.4, 0.5) is 10.5 Å². The van der Waals surface area contributed by atoms with Gasteiger partial charge in [-0.25, -0.2) is 13.2 Å². The Morgan fingerprint density at radius 1 is 1.07 bits per heavy atom. The zero-order valence-corrected chi connectivity index (χ0v) is 16.4. The highest BCUT2D eigenvalue weighted by Gasteiger charge is 2.53. The lowest BCUT2D eigenvalue weighted by Gasteiger charge is -2.23. The molecule has 144 valence electrons. The molecule has 2 saturated heterocycles. The number of nitrogens with zero attached hydrogens (tertiary/aromatic N) is 3. The molecule has 6 nitrogen and oxygen atoms in total. The van der Waals surface area contributed by atoms with Gasteiger partial charge in [-0.1, -0.05) is 31.2 Å². The Kier molecular flexibility index (Phi) is 4.60. The van der Waals surface area contributed by atoms with Gasteiger partial charge in [0.15, 0.2) is 9.84 Å². The summed E-state index contributed by atoms with van der Waals surface area (Å²) in [5.74, 6) is -0.0431. The quantitative estimate of drug-likeness (QED) is 0.746. The van der Waals surface area contributed by atoms with Crippen LogP contribution in [0.5, 0.6) is 0 Å². The first-order chi connectivity index (χ1) is 13.4. The molecule has 0 bridgehead atoms. The molecule has 0 radical (unpaired) electrons. The summed E-state index contributed by atoms with van der Waals surface area (Å²) in [6.45, 7) is 2.35. The van der Waals surface area contributed by atoms with Crippen LogP contribution in [0.1, 0.15) is 23.6 Å². The number of carbonyl (C=O) groups excluding carboxylic acids is 1. The summed E-state index contributed by atoms with van der Waals surface area (Å²) in [5, 5.41) is 9.11. The van der Waals surface area contributed by atoms with Crippen molar-refractivity contribution in [3.8, 4) is 6.07 Å². The third-order valence-corrected chi connectivity index (χ3v) is 7.21. The van der Waals surface area contributed by atoms with Crippen molar-refractivity contribution in [3.63, 3.8) is 0 Å². The molecule has 2 aliphatic rings. The summed E-state index contributed by atoms with van der Waals surface area (Å²) in [7, 11) is -3.21. The molecular weight excluding hydrogens is 374 g/mol. The van der Waals surface area contributed by atoms with Gasteiger partial charge in [-0.3, -0.25) is 4.90 Å². The predicted octanol–water partition coefficient (Wildman–Crippen LogP) is 2.73. The number of nitriles is 1. The number of fused-ring (bicyclic) bond motifs is 1. The number of rotatable bonds is 4. The molecule has 0 N–H and O–H groups in total. The van der Waals surface area contributed by atoms with Gasteiger partial charge >= 0.3 is 6.03 Å². The van der Waals surface area contributed by atoms with Crippen LogP contribution in [0.3, 0.4) is 0 Å². The number of hydrogen-bond acceptors (Lipinski definition) is 4. The van der Waals surface area contributed by atoms with Gasteiger partial charge in [-0.05, 0) is 41.8 Å². The van der Waals surface area contributed by atoms with E-state index in [1.54, 1.807) is 28.0 Å². The van der Waals surface area contributed by atoms with Gasteiger partial charge < -0.3 is 4.90 Å². The number of hydrogen-bond donors (Lipinski definition) is 0. The smallest absolute Gasteiger partial charge is 0.314 e. The average molecular weight is 395 g/mol. The van der Waals surface area contributed by atoms with Crippen LogP contribution < -0.4 is 4.90 Å². The van der Waals surface area contributed by atoms with Crippen LogP contribution in [0.25, 0.3) is 0 Å². The van der Waals surface area contributed by atoms with E-state index < -0.39 is 9.84 Å². The number of amides is 2. The summed E-state index contributed by atoms with van der Waals surface area (Å²) in [6, 6.07) is 15.9. The van der Waals surface area contributed by atoms with E-state index in [4.69, 9.17) is 5.26 Å². The van der Waals surface area contributed by atoms with Crippen LogP contribution in [-0.4, -0.2) is 42.9 Å². The first-order valence-electron chi connectivity index (χ1n) is 9.30. The molecule has 2 aromatic rings. The van der Waals surface area contributed by atoms with Crippen molar-refractivity contribution in [3.05, 3.63) is 65.2 Å². The second kappa shape index (κ2) is 6.95. The maximum absolute atomic E-state index is 13.2. The number of carbonyl (C=O) groups is 1. The van der Waals surface area contributed by atoms with Gasteiger partial charge in [-0.2, -0.15) is 5.26 Å². The van der Waals surface area contributed by atoms with Gasteiger partial charge in [0, 0.05) is 12.2 Å². The van der Waals surface area contributed by atoms with Gasteiger partial charge in [0.05, 0.1) is 35.2 Å². The molecule has 0 unspecified atom stereocenters. The number of urea groups is 1. The molecule has 28 heavy (non-hydrogen) atoms. The summed E-state index contributed by atoms with van der Waals surface area (Å²) in [6.07, 6.45) is 0.899. The van der Waals surface area contributed by atoms with Crippen molar-refractivity contribution in [1.82, 2.24) is 4.90 Å². The van der Waals surface area contributed by atoms with Crippen molar-refractivity contribution in [2.45, 2.75) is 32.0 Å². The van der Waals surface area contributed by atoms with Gasteiger partial charge in [0.25, 0.3) is 0 Å². The Bertz CT molecular complexity index is 1060. The zero-order valence-electron chi connectivity index (χ0n) is 15.6. The van der Waals surface area contributed by atoms with Crippen molar-refractivity contribution in [1.29, 1.82) is 5.26 Å². The number of benzene rings is 2. The van der Waals surface area contributed by atoms with Crippen molar-refractivity contribution >= 4 is 21.6 Å². The molecule has 2 amide bonds. The van der Waals surface area contributed by atoms with Crippen molar-refractivity contribution in [2.24, 2.45) is 0 Å². The minimum absolute atomic E-state index is 0.0202. The summed E-state index contributed by atoms with van der Waals surface area (Å²) < 4.78 is 24.6. The first-order valence-corrected chi connectivity index (χ1v) is 11.1. The number of aryl methyl sites for hydroxylation is 1. The van der Waals surface area contributed by atoms with E-state index in [0.29, 0.717) is 5.56 Å². The van der Waals surface area contributed by atoms with E-state index in [1.807, 2.05) is 30.3 Å². The minimum atomic E-state index is -3.21. The molecular formula is C21H21N3O3S. The molecule has 2 heterocycles. The number of anilines is 1. The highest BCUT2D eigenvalue weighted by Crippen LogP contribution is 2.36. The van der Waals surface area contributed by atoms with Crippen LogP contribution in [0.2, 0.25) is 0 Å². The Morgan fingerprint density at radius 2 is 1.79 bits per heavy atom. The van der Waals surface area contributed by atoms with Crippen molar-refractivity contribution < 1.29 is 13.2 Å². The zero-order chi connectivity index (χ0) is 19.9. The SMILES string of the molecule is CCc1ccc(N2C(=O)N(Cc3cccc(C#N)c3)[C@H]3CS(=O)(=O)C[C@H]32)cc1. The van der Waals surface area contributed by atoms with Crippen LogP contribution in [-0.2, 0) is 22.8 Å². The van der Waals surface area contributed by atoms with E-state index in [-0.39, 0.29) is 36.2 Å². The minimum Gasteiger partial charge on any atom is -0.314 e. The maximum atomic E-state index is 13.2. The largest absolute Gasteiger partial charge is 0.325 e. The molecule has 2 atom stereocenters. The molecule has 0 saturated carbocycles. The lowest BCUT2D eigenvalue weighted by atomic mass is 10.1. The van der Waals surface area contributed by atoms with Gasteiger partial charge in [0.2, 0.25) is 0 Å². The van der Waals surface area contributed by atoms with E-state index >= 15 is 0 Å². The fourth-order valence-electron chi connectivity index (χ4n) is 4.09. The van der Waals surface area contributed by atoms with E-state index in [0.717, 1.165) is 23.2 Å². The Morgan fingerprint density at radius 3 is 2.46 bits per heavy atom. The molecule has 0 aliphatic carbocycles. The van der Waals surface area contributed by atoms with Gasteiger partial charge in [-0.15, -0.1) is 0 Å². The molecule has 4 rings (SSSR count). The average Bonchev–Trinajstić information content (AvgIpc) is 3.12. The Hall–Kier alpha value is -2.85. The highest BCUT2D eigenvalue weighted by molar-refractivity contribution is 7.91. The molecule has 0 aromatic heterocycles. The monoisotopic (exact) mass is 395 g/mol. The summed E-state index contributed by atoms with van der Waals surface area (Å²) in [4.78, 5) is 16.5. The normalized spacial score (nSPS) is 22.9. The van der Waals surface area contributed by atoms with Crippen LogP contribution >= 0.6 is 0 Å². The van der Waals surface area contributed by atoms with Crippen LogP contribution in [0.15, 0.2) is 48.5 Å². The van der Waals surface area contributed by atoms with Gasteiger partial charge in [0.1, 0.15) is 0 Å². The van der Waals surface area contributed by atoms with E-state index in [2.05, 4.69) is 13.0 Å². The fraction of sp³-hybridized carbons (Fsp3) is 0.333. The molecule has 2 aromatic carbocycles. The standard InChI is InChI=1S/C21H21N3O3S/c1-2-15-6-8-18(9-7-15)24-20-14-28(26,27)13-19(20)23(21(24)25)12-17-5-3-4-16(10-17)11-22/h3-10,19-20H,2,12-14H2,1H3/t19-,20+/m0/s1. The molecule has 2 fully saturated rings. The third-order valence-electron chi connectivity index (χ3n) is 5.51. The van der Waals surface area contributed by atoms with E-state index in [9.17, 15) is 13.2 Å². The highest BCUT2D eigenvalue weighted by atomic mass is 32.2. The lowest BCUT2D eigenvalue weighted by molar-refractivity contribution is 0.206. The fourth-order valence-corrected chi connectivity index (χ4v) is 6.04. The second-order valence-corrected chi connectivity index (χ2v) is 9.48. The summed E-state index contributed by atoms with van der Waals surface area (Å²) >= 11 is 0. The van der Waals surface area contributed by atoms with E-state index in [1.165, 1.54) is 0 Å².